The molecule has 3 N–H and O–H groups in total. The highest BCUT2D eigenvalue weighted by Gasteiger charge is 2.16. The Balaban J connectivity index is 2.72. The molecule has 0 unspecified atom stereocenters. The van der Waals surface area contributed by atoms with Gasteiger partial charge in [0.25, 0.3) is 0 Å². The van der Waals surface area contributed by atoms with Gasteiger partial charge in [-0.25, -0.2) is 4.79 Å². The van der Waals surface area contributed by atoms with E-state index in [9.17, 15) is 4.79 Å². The average molecular weight is 213 g/mol. The van der Waals surface area contributed by atoms with Gasteiger partial charge in [0.2, 0.25) is 5.88 Å². The third-order valence-corrected chi connectivity index (χ3v) is 1.89. The third kappa shape index (κ3) is 2.99. The van der Waals surface area contributed by atoms with E-state index in [0.29, 0.717) is 25.2 Å². The van der Waals surface area contributed by atoms with Crippen molar-refractivity contribution in [3.63, 3.8) is 0 Å². The Kier molecular flexibility index (Phi) is 4.17. The fourth-order valence-corrected chi connectivity index (χ4v) is 1.20. The molecule has 5 heteroatoms. The van der Waals surface area contributed by atoms with Gasteiger partial charge >= 0.3 is 5.97 Å². The second-order valence-electron chi connectivity index (χ2n) is 3.04. The maximum Gasteiger partial charge on any atom is 0.343 e. The summed E-state index contributed by atoms with van der Waals surface area (Å²) in [6.45, 7) is 2.10. The lowest BCUT2D eigenvalue weighted by Gasteiger charge is -1.97. The lowest BCUT2D eigenvalue weighted by atomic mass is 10.2. The van der Waals surface area contributed by atoms with Crippen molar-refractivity contribution in [2.45, 2.75) is 19.8 Å². The number of carbonyl (C=O) groups is 1. The predicted molar refractivity (Wildman–Crippen MR) is 54.5 cm³/mol. The zero-order valence-corrected chi connectivity index (χ0v) is 8.66. The Morgan fingerprint density at radius 3 is 3.00 bits per heavy atom. The monoisotopic (exact) mass is 213 g/mol. The molecule has 0 aliphatic heterocycles. The zero-order valence-electron chi connectivity index (χ0n) is 8.66. The first-order valence-electron chi connectivity index (χ1n) is 4.85. The Labute approximate surface area is 87.8 Å². The fraction of sp³-hybridized carbons (Fsp3) is 0.500. The summed E-state index contributed by atoms with van der Waals surface area (Å²) < 4.78 is 9.95. The van der Waals surface area contributed by atoms with E-state index in [1.54, 1.807) is 13.0 Å². The Morgan fingerprint density at radius 2 is 2.40 bits per heavy atom. The maximum atomic E-state index is 11.3. The van der Waals surface area contributed by atoms with Crippen LogP contribution in [0, 0.1) is 0 Å². The summed E-state index contributed by atoms with van der Waals surface area (Å²) in [5, 5.41) is 8.63. The number of nitrogens with two attached hydrogens (primary N) is 1. The number of ether oxygens (including phenoxy) is 1. The van der Waals surface area contributed by atoms with E-state index in [4.69, 9.17) is 20.0 Å². The highest BCUT2D eigenvalue weighted by Crippen LogP contribution is 2.19. The molecule has 1 aromatic heterocycles. The number of hydrogen-bond donors (Lipinski definition) is 2. The van der Waals surface area contributed by atoms with Crippen LogP contribution in [0.5, 0.6) is 0 Å². The number of carbonyl (C=O) groups excluding carboxylic acids is 1. The number of esters is 1. The van der Waals surface area contributed by atoms with Crippen LogP contribution < -0.4 is 5.73 Å². The van der Waals surface area contributed by atoms with Crippen LogP contribution >= 0.6 is 0 Å². The molecule has 0 saturated carbocycles. The fourth-order valence-electron chi connectivity index (χ4n) is 1.20. The summed E-state index contributed by atoms with van der Waals surface area (Å²) in [5.41, 5.74) is 5.77. The van der Waals surface area contributed by atoms with Crippen LogP contribution in [0.2, 0.25) is 0 Å². The van der Waals surface area contributed by atoms with Crippen molar-refractivity contribution in [2.24, 2.45) is 0 Å². The van der Waals surface area contributed by atoms with E-state index in [0.717, 1.165) is 0 Å². The van der Waals surface area contributed by atoms with Gasteiger partial charge in [0.05, 0.1) is 6.61 Å². The molecule has 0 saturated heterocycles. The molecule has 0 aromatic carbocycles. The van der Waals surface area contributed by atoms with Gasteiger partial charge in [0.1, 0.15) is 11.3 Å². The molecular weight excluding hydrogens is 198 g/mol. The van der Waals surface area contributed by atoms with Crippen LogP contribution in [0.3, 0.4) is 0 Å². The van der Waals surface area contributed by atoms with E-state index in [1.807, 2.05) is 0 Å². The lowest BCUT2D eigenvalue weighted by molar-refractivity contribution is 0.0527. The van der Waals surface area contributed by atoms with Crippen molar-refractivity contribution in [3.05, 3.63) is 17.4 Å². The highest BCUT2D eigenvalue weighted by atomic mass is 16.5. The highest BCUT2D eigenvalue weighted by molar-refractivity contribution is 5.94. The van der Waals surface area contributed by atoms with Gasteiger partial charge in [-0.2, -0.15) is 0 Å². The van der Waals surface area contributed by atoms with Crippen LogP contribution in [0.25, 0.3) is 0 Å². The lowest BCUT2D eigenvalue weighted by Crippen LogP contribution is -2.05. The van der Waals surface area contributed by atoms with Gasteiger partial charge in [-0.05, 0) is 19.4 Å². The smallest absolute Gasteiger partial charge is 0.343 e. The first kappa shape index (κ1) is 11.6. The van der Waals surface area contributed by atoms with Crippen molar-refractivity contribution in [3.8, 4) is 0 Å². The minimum Gasteiger partial charge on any atom is -0.462 e. The summed E-state index contributed by atoms with van der Waals surface area (Å²) in [6, 6.07) is 1.56. The number of nitrogen functional groups attached to an aromatic ring is 1. The number of aliphatic hydroxyl groups excluding tert-OH is 1. The van der Waals surface area contributed by atoms with Gasteiger partial charge in [-0.15, -0.1) is 0 Å². The molecule has 5 nitrogen and oxygen atoms in total. The molecule has 0 fully saturated rings. The van der Waals surface area contributed by atoms with Crippen LogP contribution in [0.1, 0.15) is 29.5 Å². The van der Waals surface area contributed by atoms with Crippen LogP contribution in [0.15, 0.2) is 10.5 Å². The minimum atomic E-state index is -0.478. The largest absolute Gasteiger partial charge is 0.462 e. The molecule has 15 heavy (non-hydrogen) atoms. The van der Waals surface area contributed by atoms with Gasteiger partial charge in [-0.1, -0.05) is 0 Å². The number of rotatable bonds is 5. The number of aliphatic hydroxyl groups is 1. The molecule has 0 aliphatic rings. The minimum absolute atomic E-state index is 0.0707. The van der Waals surface area contributed by atoms with Crippen molar-refractivity contribution in [2.75, 3.05) is 18.9 Å². The first-order chi connectivity index (χ1) is 7.19. The van der Waals surface area contributed by atoms with Crippen LogP contribution in [0.4, 0.5) is 5.88 Å². The number of furan rings is 1. The second-order valence-corrected chi connectivity index (χ2v) is 3.04. The molecule has 0 spiro atoms. The molecular formula is C10H15NO4. The molecule has 0 bridgehead atoms. The Bertz CT molecular complexity index is 332. The maximum absolute atomic E-state index is 11.3. The summed E-state index contributed by atoms with van der Waals surface area (Å²) in [6.07, 6.45) is 1.13. The van der Waals surface area contributed by atoms with Crippen molar-refractivity contribution < 1.29 is 19.1 Å². The molecule has 0 radical (unpaired) electrons. The average Bonchev–Trinajstić information content (AvgIpc) is 2.57. The summed E-state index contributed by atoms with van der Waals surface area (Å²) >= 11 is 0. The molecule has 1 aromatic rings. The third-order valence-electron chi connectivity index (χ3n) is 1.89. The van der Waals surface area contributed by atoms with E-state index < -0.39 is 5.97 Å². The van der Waals surface area contributed by atoms with E-state index in [2.05, 4.69) is 0 Å². The SMILES string of the molecule is CCOC(=O)c1cc(CCCO)oc1N. The van der Waals surface area contributed by atoms with E-state index in [1.165, 1.54) is 0 Å². The molecule has 0 atom stereocenters. The summed E-state index contributed by atoms with van der Waals surface area (Å²) in [7, 11) is 0. The molecule has 1 heterocycles. The predicted octanol–water partition coefficient (Wildman–Crippen LogP) is 0.963. The second kappa shape index (κ2) is 5.41. The van der Waals surface area contributed by atoms with Crippen molar-refractivity contribution in [1.29, 1.82) is 0 Å². The Hall–Kier alpha value is -1.49. The van der Waals surface area contributed by atoms with Gasteiger partial charge in [0.15, 0.2) is 0 Å². The van der Waals surface area contributed by atoms with Gasteiger partial charge < -0.3 is 20.0 Å². The molecule has 0 aliphatic carbocycles. The molecule has 84 valence electrons. The number of aryl methyl sites for hydroxylation is 1. The topological polar surface area (TPSA) is 85.7 Å². The Morgan fingerprint density at radius 1 is 1.67 bits per heavy atom. The van der Waals surface area contributed by atoms with E-state index in [-0.39, 0.29) is 18.1 Å². The molecule has 0 amide bonds. The van der Waals surface area contributed by atoms with Crippen LogP contribution in [-0.2, 0) is 11.2 Å². The normalized spacial score (nSPS) is 10.3. The summed E-state index contributed by atoms with van der Waals surface area (Å²) in [5.74, 6) is 0.181. The quantitative estimate of drug-likeness (QED) is 0.711. The van der Waals surface area contributed by atoms with Gasteiger partial charge in [0, 0.05) is 13.0 Å². The first-order valence-corrected chi connectivity index (χ1v) is 4.85. The number of hydrogen-bond acceptors (Lipinski definition) is 5. The standard InChI is InChI=1S/C10H15NO4/c1-2-14-10(13)8-6-7(4-3-5-12)15-9(8)11/h6,12H,2-5,11H2,1H3. The van der Waals surface area contributed by atoms with Crippen LogP contribution in [-0.4, -0.2) is 24.3 Å². The number of anilines is 1. The zero-order chi connectivity index (χ0) is 11.3. The summed E-state index contributed by atoms with van der Waals surface area (Å²) in [4.78, 5) is 11.3. The molecule has 1 rings (SSSR count). The van der Waals surface area contributed by atoms with Crippen molar-refractivity contribution >= 4 is 11.9 Å². The van der Waals surface area contributed by atoms with Gasteiger partial charge in [-0.3, -0.25) is 0 Å². The van der Waals surface area contributed by atoms with E-state index >= 15 is 0 Å². The van der Waals surface area contributed by atoms with Crippen molar-refractivity contribution in [1.82, 2.24) is 0 Å².